The van der Waals surface area contributed by atoms with E-state index in [-0.39, 0.29) is 5.60 Å². The molecule has 0 unspecified atom stereocenters. The topological polar surface area (TPSA) is 41.5 Å². The van der Waals surface area contributed by atoms with E-state index in [9.17, 15) is 8.78 Å². The van der Waals surface area contributed by atoms with Crippen molar-refractivity contribution in [2.45, 2.75) is 38.3 Å². The third-order valence-electron chi connectivity index (χ3n) is 3.07. The van der Waals surface area contributed by atoms with Crippen molar-refractivity contribution in [3.8, 4) is 5.75 Å². The van der Waals surface area contributed by atoms with Gasteiger partial charge in [-0.2, -0.15) is 0 Å². The molecule has 2 rings (SSSR count). The molecule has 1 heterocycles. The van der Waals surface area contributed by atoms with Gasteiger partial charge in [0, 0.05) is 13.0 Å². The molecule has 1 aromatic carbocycles. The molecular formula is C14H19F2NO2. The summed E-state index contributed by atoms with van der Waals surface area (Å²) in [5, 5.41) is 11.1. The van der Waals surface area contributed by atoms with Gasteiger partial charge < -0.3 is 15.2 Å². The fourth-order valence-corrected chi connectivity index (χ4v) is 2.22. The number of halogens is 2. The van der Waals surface area contributed by atoms with E-state index in [1.54, 1.807) is 0 Å². The van der Waals surface area contributed by atoms with E-state index >= 15 is 0 Å². The Morgan fingerprint density at radius 1 is 1.42 bits per heavy atom. The predicted octanol–water partition coefficient (Wildman–Crippen LogP) is 2.12. The van der Waals surface area contributed by atoms with Gasteiger partial charge in [0.2, 0.25) is 0 Å². The van der Waals surface area contributed by atoms with Gasteiger partial charge in [0.05, 0.1) is 6.54 Å². The van der Waals surface area contributed by atoms with Gasteiger partial charge in [-0.25, -0.2) is 8.78 Å². The van der Waals surface area contributed by atoms with Crippen molar-refractivity contribution >= 4 is 0 Å². The number of ether oxygens (including phenoxy) is 1. The van der Waals surface area contributed by atoms with Crippen LogP contribution in [0.5, 0.6) is 5.75 Å². The summed E-state index contributed by atoms with van der Waals surface area (Å²) in [5.41, 5.74) is 1.85. The molecule has 0 atom stereocenters. The van der Waals surface area contributed by atoms with Gasteiger partial charge in [0.15, 0.2) is 0 Å². The molecule has 1 aliphatic heterocycles. The summed E-state index contributed by atoms with van der Waals surface area (Å²) in [6.45, 7) is 2.73. The summed E-state index contributed by atoms with van der Waals surface area (Å²) in [7, 11) is 0. The van der Waals surface area contributed by atoms with Crippen LogP contribution in [0.3, 0.4) is 0 Å². The van der Waals surface area contributed by atoms with Crippen molar-refractivity contribution in [2.24, 2.45) is 0 Å². The number of alkyl halides is 2. The highest BCUT2D eigenvalue weighted by Crippen LogP contribution is 2.35. The van der Waals surface area contributed by atoms with Gasteiger partial charge in [-0.05, 0) is 31.0 Å². The summed E-state index contributed by atoms with van der Waals surface area (Å²) in [5.74, 6) is -2.20. The molecule has 0 aromatic heterocycles. The minimum atomic E-state index is -3.07. The molecule has 106 valence electrons. The second kappa shape index (κ2) is 5.06. The summed E-state index contributed by atoms with van der Waals surface area (Å²) < 4.78 is 31.4. The van der Waals surface area contributed by atoms with Crippen LogP contribution in [-0.4, -0.2) is 29.8 Å². The van der Waals surface area contributed by atoms with Crippen molar-refractivity contribution in [1.29, 1.82) is 0 Å². The minimum absolute atomic E-state index is 0.196. The Kier molecular flexibility index (Phi) is 3.78. The van der Waals surface area contributed by atoms with Crippen molar-refractivity contribution in [1.82, 2.24) is 5.32 Å². The molecule has 5 heteroatoms. The monoisotopic (exact) mass is 271 g/mol. The van der Waals surface area contributed by atoms with Crippen molar-refractivity contribution < 1.29 is 18.6 Å². The van der Waals surface area contributed by atoms with Gasteiger partial charge in [0.25, 0.3) is 5.92 Å². The standard InChI is InChI=1S/C14H19F2NO2/c1-13(2)6-11-5-10(3-4-12(11)19-13)7-17-8-14(15,16)9-18/h3-5,17-18H,6-9H2,1-2H3. The van der Waals surface area contributed by atoms with Gasteiger partial charge in [0.1, 0.15) is 18.0 Å². The Labute approximate surface area is 111 Å². The van der Waals surface area contributed by atoms with E-state index in [2.05, 4.69) is 5.32 Å². The molecular weight excluding hydrogens is 252 g/mol. The maximum Gasteiger partial charge on any atom is 0.282 e. The molecule has 0 spiro atoms. The number of fused-ring (bicyclic) bond motifs is 1. The number of aliphatic hydroxyl groups excluding tert-OH is 1. The van der Waals surface area contributed by atoms with Crippen molar-refractivity contribution in [3.63, 3.8) is 0 Å². The van der Waals surface area contributed by atoms with E-state index in [1.165, 1.54) is 0 Å². The van der Waals surface area contributed by atoms with Gasteiger partial charge in [-0.15, -0.1) is 0 Å². The first kappa shape index (κ1) is 14.2. The molecule has 0 saturated carbocycles. The summed E-state index contributed by atoms with van der Waals surface area (Å²) in [6.07, 6.45) is 0.822. The van der Waals surface area contributed by atoms with Crippen molar-refractivity contribution in [3.05, 3.63) is 29.3 Å². The average Bonchev–Trinajstić information content (AvgIpc) is 2.62. The molecule has 2 N–H and O–H groups in total. The highest BCUT2D eigenvalue weighted by molar-refractivity contribution is 5.41. The molecule has 1 aromatic rings. The largest absolute Gasteiger partial charge is 0.487 e. The number of benzene rings is 1. The highest BCUT2D eigenvalue weighted by atomic mass is 19.3. The Hall–Kier alpha value is -1.20. The fraction of sp³-hybridized carbons (Fsp3) is 0.571. The lowest BCUT2D eigenvalue weighted by molar-refractivity contribution is -0.0477. The summed E-state index contributed by atoms with van der Waals surface area (Å²) >= 11 is 0. The molecule has 0 aliphatic carbocycles. The first-order valence-corrected chi connectivity index (χ1v) is 6.32. The molecule has 0 amide bonds. The Bertz CT molecular complexity index is 461. The summed E-state index contributed by atoms with van der Waals surface area (Å²) in [4.78, 5) is 0. The molecule has 3 nitrogen and oxygen atoms in total. The van der Waals surface area contributed by atoms with Gasteiger partial charge >= 0.3 is 0 Å². The third-order valence-corrected chi connectivity index (χ3v) is 3.07. The van der Waals surface area contributed by atoms with E-state index in [0.717, 1.165) is 23.3 Å². The van der Waals surface area contributed by atoms with Crippen LogP contribution in [-0.2, 0) is 13.0 Å². The second-order valence-corrected chi connectivity index (χ2v) is 5.60. The number of rotatable bonds is 5. The number of nitrogens with one attached hydrogen (secondary N) is 1. The number of aliphatic hydroxyl groups is 1. The quantitative estimate of drug-likeness (QED) is 0.862. The molecule has 0 saturated heterocycles. The lowest BCUT2D eigenvalue weighted by atomic mass is 10.0. The van der Waals surface area contributed by atoms with Crippen LogP contribution < -0.4 is 10.1 Å². The first-order valence-electron chi connectivity index (χ1n) is 6.32. The average molecular weight is 271 g/mol. The van der Waals surface area contributed by atoms with E-state index in [1.807, 2.05) is 32.0 Å². The van der Waals surface area contributed by atoms with Gasteiger partial charge in [-0.3, -0.25) is 0 Å². The lowest BCUT2D eigenvalue weighted by Crippen LogP contribution is -2.35. The molecule has 1 aliphatic rings. The lowest BCUT2D eigenvalue weighted by Gasteiger charge is -2.16. The van der Waals surface area contributed by atoms with Crippen LogP contribution >= 0.6 is 0 Å². The zero-order valence-corrected chi connectivity index (χ0v) is 11.2. The third kappa shape index (κ3) is 3.64. The van der Waals surface area contributed by atoms with E-state index in [4.69, 9.17) is 9.84 Å². The van der Waals surface area contributed by atoms with Crippen LogP contribution in [0.25, 0.3) is 0 Å². The maximum absolute atomic E-state index is 12.8. The summed E-state index contributed by atoms with van der Waals surface area (Å²) in [6, 6.07) is 5.73. The number of hydrogen-bond donors (Lipinski definition) is 2. The van der Waals surface area contributed by atoms with Gasteiger partial charge in [-0.1, -0.05) is 12.1 Å². The Balaban J connectivity index is 1.94. The fourth-order valence-electron chi connectivity index (χ4n) is 2.22. The van der Waals surface area contributed by atoms with Crippen molar-refractivity contribution in [2.75, 3.05) is 13.2 Å². The zero-order chi connectivity index (χ0) is 14.1. The van der Waals surface area contributed by atoms with Crippen LogP contribution in [0.1, 0.15) is 25.0 Å². The van der Waals surface area contributed by atoms with E-state index < -0.39 is 19.1 Å². The van der Waals surface area contributed by atoms with Crippen LogP contribution in [0.4, 0.5) is 8.78 Å². The Morgan fingerprint density at radius 2 is 2.16 bits per heavy atom. The van der Waals surface area contributed by atoms with Crippen LogP contribution in [0, 0.1) is 0 Å². The normalized spacial score (nSPS) is 17.1. The molecule has 0 bridgehead atoms. The van der Waals surface area contributed by atoms with E-state index in [0.29, 0.717) is 6.54 Å². The first-order chi connectivity index (χ1) is 8.81. The molecule has 0 radical (unpaired) electrons. The SMILES string of the molecule is CC1(C)Cc2cc(CNCC(F)(F)CO)ccc2O1. The molecule has 19 heavy (non-hydrogen) atoms. The van der Waals surface area contributed by atoms with Crippen LogP contribution in [0.2, 0.25) is 0 Å². The highest BCUT2D eigenvalue weighted by Gasteiger charge is 2.30. The predicted molar refractivity (Wildman–Crippen MR) is 68.6 cm³/mol. The second-order valence-electron chi connectivity index (χ2n) is 5.60. The van der Waals surface area contributed by atoms with Crippen LogP contribution in [0.15, 0.2) is 18.2 Å². The maximum atomic E-state index is 12.8. The Morgan fingerprint density at radius 3 is 2.84 bits per heavy atom. The number of hydrogen-bond acceptors (Lipinski definition) is 3. The minimum Gasteiger partial charge on any atom is -0.487 e. The smallest absolute Gasteiger partial charge is 0.282 e. The zero-order valence-electron chi connectivity index (χ0n) is 11.2. The molecule has 0 fully saturated rings.